The standard InChI is InChI=1S/C36H36N4O3/c1-23(16-20-40-34(41)30-7-5-6-8-31(30)35(40)42)15-19-39(29-13-11-28(12-14-29)36(22-37)17-18-36)32-21-27(10-9-24(32)2)33-25(3)38-43-26(33)4/h5-14,21,23H,15-20H2,1-4H3. The average molecular weight is 573 g/mol. The molecule has 7 heteroatoms. The summed E-state index contributed by atoms with van der Waals surface area (Å²) >= 11 is 0. The molecule has 43 heavy (non-hydrogen) atoms. The predicted molar refractivity (Wildman–Crippen MR) is 166 cm³/mol. The number of imide groups is 1. The third-order valence-electron chi connectivity index (χ3n) is 9.09. The second kappa shape index (κ2) is 11.2. The van der Waals surface area contributed by atoms with Crippen molar-refractivity contribution in [3.8, 4) is 17.2 Å². The zero-order chi connectivity index (χ0) is 30.3. The molecule has 0 bridgehead atoms. The molecule has 6 rings (SSSR count). The molecule has 0 spiro atoms. The summed E-state index contributed by atoms with van der Waals surface area (Å²) in [5, 5.41) is 13.9. The van der Waals surface area contributed by atoms with E-state index >= 15 is 0 Å². The number of rotatable bonds is 10. The fraction of sp³-hybridized carbons (Fsp3) is 0.333. The van der Waals surface area contributed by atoms with Crippen molar-refractivity contribution in [1.29, 1.82) is 5.26 Å². The normalized spacial score (nSPS) is 15.7. The number of carbonyl (C=O) groups is 2. The van der Waals surface area contributed by atoms with E-state index in [2.05, 4.69) is 72.4 Å². The van der Waals surface area contributed by atoms with E-state index < -0.39 is 0 Å². The average Bonchev–Trinajstić information content (AvgIpc) is 3.70. The van der Waals surface area contributed by atoms with Crippen LogP contribution in [0.3, 0.4) is 0 Å². The van der Waals surface area contributed by atoms with Gasteiger partial charge in [0.2, 0.25) is 0 Å². The molecule has 1 fully saturated rings. The Labute approximate surface area is 252 Å². The molecule has 2 amide bonds. The number of aryl methyl sites for hydroxylation is 3. The van der Waals surface area contributed by atoms with Crippen LogP contribution >= 0.6 is 0 Å². The summed E-state index contributed by atoms with van der Waals surface area (Å²) in [7, 11) is 0. The number of hydrogen-bond donors (Lipinski definition) is 0. The zero-order valence-electron chi connectivity index (χ0n) is 25.2. The molecule has 2 heterocycles. The van der Waals surface area contributed by atoms with Gasteiger partial charge in [0, 0.05) is 30.0 Å². The Balaban J connectivity index is 1.24. The Morgan fingerprint density at radius 2 is 1.65 bits per heavy atom. The van der Waals surface area contributed by atoms with Gasteiger partial charge in [0.05, 0.1) is 28.3 Å². The largest absolute Gasteiger partial charge is 0.361 e. The summed E-state index contributed by atoms with van der Waals surface area (Å²) in [4.78, 5) is 29.4. The summed E-state index contributed by atoms with van der Waals surface area (Å²) < 4.78 is 5.47. The lowest BCUT2D eigenvalue weighted by atomic mass is 9.96. The van der Waals surface area contributed by atoms with Gasteiger partial charge in [-0.25, -0.2) is 0 Å². The number of amides is 2. The van der Waals surface area contributed by atoms with Crippen molar-refractivity contribution in [3.63, 3.8) is 0 Å². The third kappa shape index (κ3) is 5.23. The minimum absolute atomic E-state index is 0.202. The smallest absolute Gasteiger partial charge is 0.261 e. The highest BCUT2D eigenvalue weighted by molar-refractivity contribution is 6.21. The number of benzene rings is 3. The molecule has 0 saturated heterocycles. The third-order valence-corrected chi connectivity index (χ3v) is 9.09. The molecule has 1 unspecified atom stereocenters. The van der Waals surface area contributed by atoms with Gasteiger partial charge in [-0.15, -0.1) is 0 Å². The zero-order valence-corrected chi connectivity index (χ0v) is 25.2. The molecular weight excluding hydrogens is 536 g/mol. The Hall–Kier alpha value is -4.70. The number of carbonyl (C=O) groups excluding carboxylic acids is 2. The van der Waals surface area contributed by atoms with Crippen molar-refractivity contribution in [2.75, 3.05) is 18.0 Å². The SMILES string of the molecule is Cc1ccc(-c2c(C)noc2C)cc1N(CCC(C)CCN1C(=O)c2ccccc2C1=O)c1ccc(C2(C#N)CC2)cc1. The van der Waals surface area contributed by atoms with Gasteiger partial charge in [0.1, 0.15) is 5.76 Å². The minimum atomic E-state index is -0.332. The maximum atomic E-state index is 12.9. The molecule has 218 valence electrons. The highest BCUT2D eigenvalue weighted by Crippen LogP contribution is 2.48. The van der Waals surface area contributed by atoms with Crippen LogP contribution in [0.1, 0.15) is 75.9 Å². The van der Waals surface area contributed by atoms with E-state index in [-0.39, 0.29) is 23.1 Å². The van der Waals surface area contributed by atoms with Crippen LogP contribution in [-0.2, 0) is 5.41 Å². The van der Waals surface area contributed by atoms with Crippen molar-refractivity contribution in [1.82, 2.24) is 10.1 Å². The van der Waals surface area contributed by atoms with E-state index in [1.165, 1.54) is 4.90 Å². The van der Waals surface area contributed by atoms with E-state index in [9.17, 15) is 14.9 Å². The van der Waals surface area contributed by atoms with Gasteiger partial charge < -0.3 is 9.42 Å². The van der Waals surface area contributed by atoms with Crippen molar-refractivity contribution in [2.24, 2.45) is 5.92 Å². The van der Waals surface area contributed by atoms with E-state index in [4.69, 9.17) is 4.52 Å². The first-order chi connectivity index (χ1) is 20.7. The number of anilines is 2. The Bertz CT molecular complexity index is 1690. The maximum absolute atomic E-state index is 12.9. The van der Waals surface area contributed by atoms with E-state index in [1.54, 1.807) is 24.3 Å². The molecule has 1 aliphatic heterocycles. The number of nitriles is 1. The van der Waals surface area contributed by atoms with Gasteiger partial charge in [-0.2, -0.15) is 5.26 Å². The summed E-state index contributed by atoms with van der Waals surface area (Å²) in [6.07, 6.45) is 3.41. The first-order valence-electron chi connectivity index (χ1n) is 15.0. The van der Waals surface area contributed by atoms with Crippen LogP contribution in [0.5, 0.6) is 0 Å². The maximum Gasteiger partial charge on any atom is 0.261 e. The molecule has 0 radical (unpaired) electrons. The molecule has 1 aliphatic carbocycles. The summed E-state index contributed by atoms with van der Waals surface area (Å²) in [6.45, 7) is 9.34. The van der Waals surface area contributed by atoms with Crippen molar-refractivity contribution in [2.45, 2.75) is 58.8 Å². The van der Waals surface area contributed by atoms with Gasteiger partial charge in [0.15, 0.2) is 0 Å². The molecule has 4 aromatic rings. The fourth-order valence-corrected chi connectivity index (χ4v) is 6.18. The van der Waals surface area contributed by atoms with Crippen LogP contribution in [0.15, 0.2) is 71.3 Å². The molecular formula is C36H36N4O3. The number of hydrogen-bond acceptors (Lipinski definition) is 6. The summed E-state index contributed by atoms with van der Waals surface area (Å²) in [5.41, 5.74) is 7.96. The van der Waals surface area contributed by atoms with Crippen LogP contribution in [0.2, 0.25) is 0 Å². The molecule has 1 saturated carbocycles. The van der Waals surface area contributed by atoms with E-state index in [1.807, 2.05) is 13.8 Å². The Morgan fingerprint density at radius 1 is 0.977 bits per heavy atom. The van der Waals surface area contributed by atoms with Crippen LogP contribution in [0.4, 0.5) is 11.4 Å². The number of nitrogens with zero attached hydrogens (tertiary/aromatic N) is 4. The van der Waals surface area contributed by atoms with Crippen molar-refractivity contribution in [3.05, 3.63) is 100 Å². The van der Waals surface area contributed by atoms with E-state index in [0.717, 1.165) is 77.3 Å². The predicted octanol–water partition coefficient (Wildman–Crippen LogP) is 7.67. The highest BCUT2D eigenvalue weighted by atomic mass is 16.5. The quantitative estimate of drug-likeness (QED) is 0.181. The summed E-state index contributed by atoms with van der Waals surface area (Å²) in [5.74, 6) is 0.654. The first-order valence-corrected chi connectivity index (χ1v) is 15.0. The highest BCUT2D eigenvalue weighted by Gasteiger charge is 2.44. The number of aromatic nitrogens is 1. The van der Waals surface area contributed by atoms with Gasteiger partial charge in [0.25, 0.3) is 11.8 Å². The second-order valence-electron chi connectivity index (χ2n) is 12.1. The second-order valence-corrected chi connectivity index (χ2v) is 12.1. The number of fused-ring (bicyclic) bond motifs is 1. The molecule has 2 aliphatic rings. The van der Waals surface area contributed by atoms with Gasteiger partial charge in [-0.3, -0.25) is 14.5 Å². The van der Waals surface area contributed by atoms with Crippen LogP contribution in [-0.4, -0.2) is 35.0 Å². The van der Waals surface area contributed by atoms with Crippen LogP contribution in [0.25, 0.3) is 11.1 Å². The Kier molecular flexibility index (Phi) is 7.39. The molecule has 3 aromatic carbocycles. The van der Waals surface area contributed by atoms with E-state index in [0.29, 0.717) is 17.7 Å². The molecule has 1 aromatic heterocycles. The first kappa shape index (κ1) is 28.4. The Morgan fingerprint density at radius 3 is 2.23 bits per heavy atom. The van der Waals surface area contributed by atoms with Crippen molar-refractivity contribution >= 4 is 23.2 Å². The van der Waals surface area contributed by atoms with Crippen LogP contribution in [0, 0.1) is 38.0 Å². The minimum Gasteiger partial charge on any atom is -0.361 e. The van der Waals surface area contributed by atoms with Crippen molar-refractivity contribution < 1.29 is 14.1 Å². The van der Waals surface area contributed by atoms with Gasteiger partial charge in [-0.05, 0) is 99.4 Å². The lowest BCUT2D eigenvalue weighted by Gasteiger charge is -2.29. The van der Waals surface area contributed by atoms with Crippen LogP contribution < -0.4 is 4.90 Å². The monoisotopic (exact) mass is 572 g/mol. The topological polar surface area (TPSA) is 90.4 Å². The fourth-order valence-electron chi connectivity index (χ4n) is 6.18. The lowest BCUT2D eigenvalue weighted by Crippen LogP contribution is -2.32. The lowest BCUT2D eigenvalue weighted by molar-refractivity contribution is 0.0646. The van der Waals surface area contributed by atoms with Gasteiger partial charge >= 0.3 is 0 Å². The van der Waals surface area contributed by atoms with Gasteiger partial charge in [-0.1, -0.05) is 48.5 Å². The molecule has 7 nitrogen and oxygen atoms in total. The summed E-state index contributed by atoms with van der Waals surface area (Å²) in [6, 6.07) is 24.4. The molecule has 0 N–H and O–H groups in total. The molecule has 1 atom stereocenters.